The molecular formula is C15H23FN6O5S2. The number of nitrogens with zero attached hydrogens (tertiary/aromatic N) is 4. The van der Waals surface area contributed by atoms with Crippen LogP contribution in [-0.4, -0.2) is 63.5 Å². The topological polar surface area (TPSA) is 168 Å². The van der Waals surface area contributed by atoms with Gasteiger partial charge in [0, 0.05) is 5.25 Å². The summed E-state index contributed by atoms with van der Waals surface area (Å²) in [5.74, 6) is 0.520. The van der Waals surface area contributed by atoms with Crippen molar-refractivity contribution in [2.45, 2.75) is 55.7 Å². The first-order chi connectivity index (χ1) is 13.5. The van der Waals surface area contributed by atoms with Crippen molar-refractivity contribution in [2.24, 2.45) is 11.1 Å². The molecule has 1 aliphatic heterocycles. The molecular weight excluding hydrogens is 427 g/mol. The zero-order valence-corrected chi connectivity index (χ0v) is 17.6. The first-order valence-corrected chi connectivity index (χ1v) is 11.1. The van der Waals surface area contributed by atoms with Gasteiger partial charge >= 0.3 is 10.3 Å². The van der Waals surface area contributed by atoms with Crippen LogP contribution in [0.5, 0.6) is 0 Å². The van der Waals surface area contributed by atoms with Crippen molar-refractivity contribution in [3.63, 3.8) is 0 Å². The van der Waals surface area contributed by atoms with E-state index >= 15 is 0 Å². The number of anilines is 1. The van der Waals surface area contributed by atoms with Crippen molar-refractivity contribution in [3.05, 3.63) is 6.33 Å². The number of hydrogen-bond acceptors (Lipinski definition) is 10. The summed E-state index contributed by atoms with van der Waals surface area (Å²) in [7, 11) is -4.27. The minimum absolute atomic E-state index is 0.174. The van der Waals surface area contributed by atoms with Crippen LogP contribution in [0.3, 0.4) is 0 Å². The van der Waals surface area contributed by atoms with Crippen LogP contribution in [0.1, 0.15) is 27.0 Å². The molecule has 14 heteroatoms. The maximum Gasteiger partial charge on any atom is 0.333 e. The Labute approximate surface area is 171 Å². The number of hydrogen-bond donors (Lipinski definition) is 3. The molecule has 0 amide bonds. The summed E-state index contributed by atoms with van der Waals surface area (Å²) in [6.45, 7) is 5.50. The summed E-state index contributed by atoms with van der Waals surface area (Å²) in [6.07, 6.45) is -4.97. The quantitative estimate of drug-likeness (QED) is 0.501. The molecule has 2 aromatic heterocycles. The van der Waals surface area contributed by atoms with E-state index in [4.69, 9.17) is 15.6 Å². The largest absolute Gasteiger partial charge is 0.387 e. The van der Waals surface area contributed by atoms with Crippen LogP contribution in [-0.2, 0) is 19.2 Å². The van der Waals surface area contributed by atoms with Gasteiger partial charge in [-0.1, -0.05) is 20.8 Å². The molecule has 0 aliphatic carbocycles. The van der Waals surface area contributed by atoms with Gasteiger partial charge < -0.3 is 15.6 Å². The highest BCUT2D eigenvalue weighted by Crippen LogP contribution is 2.39. The number of nitrogens with two attached hydrogens (primary N) is 2. The Hall–Kier alpha value is -1.58. The number of aliphatic hydroxyl groups excluding tert-OH is 1. The van der Waals surface area contributed by atoms with Crippen LogP contribution in [0.15, 0.2) is 11.4 Å². The second-order valence-electron chi connectivity index (χ2n) is 7.05. The van der Waals surface area contributed by atoms with Crippen LogP contribution in [0, 0.1) is 5.92 Å². The SMILES string of the molecule is CC(C)C(C)Sc1nn([C@@H]2O[C@H](COS(N)(=O)=O)[C@@H](O)[C@@H]2F)c2ncnc(N)c12. The standard InChI is InChI=1S/C15H23FN6O5S2/c1-6(2)7(3)28-14-9-12(17)19-5-20-13(9)22(21-14)15-10(16)11(23)8(27-15)4-26-29(18,24)25/h5-8,10-11,15,23H,4H2,1-3H3,(H2,17,19,20)(H2,18,24,25)/t7?,8-,10+,11-,15-/m1/s1. The number of ether oxygens (including phenoxy) is 1. The first kappa shape index (κ1) is 22.1. The van der Waals surface area contributed by atoms with E-state index in [1.165, 1.54) is 22.8 Å². The molecule has 2 aromatic rings. The molecule has 0 spiro atoms. The average molecular weight is 451 g/mol. The second-order valence-corrected chi connectivity index (χ2v) is 9.64. The van der Waals surface area contributed by atoms with E-state index in [-0.39, 0.29) is 16.7 Å². The summed E-state index contributed by atoms with van der Waals surface area (Å²) in [4.78, 5) is 8.13. The number of aliphatic hydroxyl groups is 1. The average Bonchev–Trinajstić information content (AvgIpc) is 3.12. The zero-order valence-electron chi connectivity index (χ0n) is 16.0. The molecule has 162 valence electrons. The minimum Gasteiger partial charge on any atom is -0.387 e. The lowest BCUT2D eigenvalue weighted by atomic mass is 10.1. The van der Waals surface area contributed by atoms with Gasteiger partial charge in [-0.05, 0) is 5.92 Å². The van der Waals surface area contributed by atoms with E-state index in [0.717, 1.165) is 0 Å². The first-order valence-electron chi connectivity index (χ1n) is 8.79. The van der Waals surface area contributed by atoms with Gasteiger partial charge in [0.05, 0.1) is 12.0 Å². The van der Waals surface area contributed by atoms with Crippen LogP contribution in [0.4, 0.5) is 10.2 Å². The predicted octanol–water partition coefficient (Wildman–Crippen LogP) is 0.362. The van der Waals surface area contributed by atoms with E-state index in [1.807, 2.05) is 6.92 Å². The van der Waals surface area contributed by atoms with Gasteiger partial charge in [-0.25, -0.2) is 24.2 Å². The summed E-state index contributed by atoms with van der Waals surface area (Å²) in [5, 5.41) is 20.5. The van der Waals surface area contributed by atoms with Gasteiger partial charge in [0.2, 0.25) is 0 Å². The molecule has 1 aliphatic rings. The third kappa shape index (κ3) is 4.62. The van der Waals surface area contributed by atoms with Gasteiger partial charge in [-0.2, -0.15) is 13.5 Å². The number of rotatable bonds is 7. The highest BCUT2D eigenvalue weighted by Gasteiger charge is 2.47. The molecule has 5 atom stereocenters. The molecule has 3 rings (SSSR count). The number of alkyl halides is 1. The monoisotopic (exact) mass is 450 g/mol. The normalized spacial score (nSPS) is 26.4. The van der Waals surface area contributed by atoms with E-state index in [0.29, 0.717) is 16.3 Å². The van der Waals surface area contributed by atoms with Crippen molar-refractivity contribution in [1.29, 1.82) is 0 Å². The van der Waals surface area contributed by atoms with Crippen LogP contribution in [0.2, 0.25) is 0 Å². The molecule has 1 saturated heterocycles. The Morgan fingerprint density at radius 2 is 2.10 bits per heavy atom. The molecule has 11 nitrogen and oxygen atoms in total. The molecule has 3 heterocycles. The number of thioether (sulfide) groups is 1. The summed E-state index contributed by atoms with van der Waals surface area (Å²) in [6, 6.07) is 0. The van der Waals surface area contributed by atoms with Crippen LogP contribution >= 0.6 is 11.8 Å². The van der Waals surface area contributed by atoms with Crippen LogP contribution in [0.25, 0.3) is 11.0 Å². The van der Waals surface area contributed by atoms with Crippen molar-refractivity contribution < 1.29 is 26.8 Å². The van der Waals surface area contributed by atoms with Crippen molar-refractivity contribution in [2.75, 3.05) is 12.3 Å². The number of aromatic nitrogens is 4. The second kappa shape index (κ2) is 8.28. The minimum atomic E-state index is -4.27. The number of nitrogen functional groups attached to an aromatic ring is 1. The smallest absolute Gasteiger partial charge is 0.333 e. The lowest BCUT2D eigenvalue weighted by Gasteiger charge is -2.15. The molecule has 0 saturated carbocycles. The Morgan fingerprint density at radius 1 is 1.41 bits per heavy atom. The molecule has 0 aromatic carbocycles. The Morgan fingerprint density at radius 3 is 2.72 bits per heavy atom. The fraction of sp³-hybridized carbons (Fsp3) is 0.667. The van der Waals surface area contributed by atoms with E-state index in [1.54, 1.807) is 0 Å². The number of halogens is 1. The van der Waals surface area contributed by atoms with E-state index in [2.05, 4.69) is 33.1 Å². The molecule has 1 unspecified atom stereocenters. The molecule has 1 fully saturated rings. The molecule has 29 heavy (non-hydrogen) atoms. The summed E-state index contributed by atoms with van der Waals surface area (Å²) in [5.41, 5.74) is 6.24. The molecule has 0 bridgehead atoms. The highest BCUT2D eigenvalue weighted by atomic mass is 32.2. The fourth-order valence-corrected chi connectivity index (χ4v) is 4.13. The zero-order chi connectivity index (χ0) is 21.5. The van der Waals surface area contributed by atoms with Crippen molar-refractivity contribution in [1.82, 2.24) is 19.7 Å². The fourth-order valence-electron chi connectivity index (χ4n) is 2.74. The summed E-state index contributed by atoms with van der Waals surface area (Å²) >= 11 is 1.44. The third-order valence-corrected chi connectivity index (χ3v) is 6.54. The van der Waals surface area contributed by atoms with E-state index in [9.17, 15) is 17.9 Å². The third-order valence-electron chi connectivity index (χ3n) is 4.65. The Balaban J connectivity index is 1.96. The maximum atomic E-state index is 14.8. The van der Waals surface area contributed by atoms with Gasteiger partial charge in [0.25, 0.3) is 0 Å². The lowest BCUT2D eigenvalue weighted by molar-refractivity contribution is -0.0456. The van der Waals surface area contributed by atoms with Gasteiger partial charge in [-0.15, -0.1) is 11.8 Å². The Kier molecular flexibility index (Phi) is 6.31. The predicted molar refractivity (Wildman–Crippen MR) is 104 cm³/mol. The Bertz CT molecular complexity index is 987. The number of fused-ring (bicyclic) bond motifs is 1. The summed E-state index contributed by atoms with van der Waals surface area (Å²) < 4.78 is 47.9. The van der Waals surface area contributed by atoms with E-state index < -0.39 is 41.5 Å². The molecule has 0 radical (unpaired) electrons. The maximum absolute atomic E-state index is 14.8. The van der Waals surface area contributed by atoms with Gasteiger partial charge in [-0.3, -0.25) is 4.18 Å². The van der Waals surface area contributed by atoms with Gasteiger partial charge in [0.15, 0.2) is 18.0 Å². The van der Waals surface area contributed by atoms with Crippen molar-refractivity contribution >= 4 is 38.9 Å². The van der Waals surface area contributed by atoms with Crippen molar-refractivity contribution in [3.8, 4) is 0 Å². The lowest BCUT2D eigenvalue weighted by Crippen LogP contribution is -2.33. The molecule has 5 N–H and O–H groups in total. The van der Waals surface area contributed by atoms with Crippen LogP contribution < -0.4 is 10.9 Å². The van der Waals surface area contributed by atoms with Gasteiger partial charge in [0.1, 0.15) is 29.4 Å². The highest BCUT2D eigenvalue weighted by molar-refractivity contribution is 8.00.